The van der Waals surface area contributed by atoms with Crippen LogP contribution < -0.4 is 9.80 Å². The Bertz CT molecular complexity index is 471. The summed E-state index contributed by atoms with van der Waals surface area (Å²) >= 11 is 0. The summed E-state index contributed by atoms with van der Waals surface area (Å²) in [5, 5.41) is 0. The Balaban J connectivity index is 1.77. The fraction of sp³-hybridized carbons (Fsp3) is 0.750. The lowest BCUT2D eigenvalue weighted by molar-refractivity contribution is 0.292. The third kappa shape index (κ3) is 2.89. The second kappa shape index (κ2) is 5.23. The van der Waals surface area contributed by atoms with E-state index in [-0.39, 0.29) is 0 Å². The maximum atomic E-state index is 4.82. The van der Waals surface area contributed by atoms with Crippen LogP contribution in [-0.4, -0.2) is 36.1 Å². The van der Waals surface area contributed by atoms with Gasteiger partial charge in [-0.3, -0.25) is 0 Å². The molecule has 2 aliphatic heterocycles. The molecular weight excluding hydrogens is 248 g/mol. The molecule has 3 rings (SSSR count). The van der Waals surface area contributed by atoms with Crippen LogP contribution in [0, 0.1) is 11.3 Å². The van der Waals surface area contributed by atoms with Gasteiger partial charge in [-0.25, -0.2) is 4.98 Å². The van der Waals surface area contributed by atoms with Gasteiger partial charge in [-0.15, -0.1) is 0 Å². The zero-order chi connectivity index (χ0) is 14.2. The molecule has 1 unspecified atom stereocenters. The summed E-state index contributed by atoms with van der Waals surface area (Å²) in [6, 6.07) is 2.06. The molecule has 3 heterocycles. The van der Waals surface area contributed by atoms with Gasteiger partial charge in [0.05, 0.1) is 0 Å². The van der Waals surface area contributed by atoms with Gasteiger partial charge >= 0.3 is 0 Å². The molecule has 4 nitrogen and oxygen atoms in total. The molecular formula is C16H26N4. The van der Waals surface area contributed by atoms with Crippen molar-refractivity contribution in [2.24, 2.45) is 11.3 Å². The van der Waals surface area contributed by atoms with E-state index >= 15 is 0 Å². The number of anilines is 2. The summed E-state index contributed by atoms with van der Waals surface area (Å²) in [7, 11) is 0. The number of hydrogen-bond acceptors (Lipinski definition) is 4. The van der Waals surface area contributed by atoms with Crippen LogP contribution in [0.25, 0.3) is 0 Å². The Hall–Kier alpha value is -1.32. The van der Waals surface area contributed by atoms with E-state index in [0.29, 0.717) is 5.41 Å². The Labute approximate surface area is 122 Å². The number of hydrogen-bond donors (Lipinski definition) is 0. The van der Waals surface area contributed by atoms with E-state index in [1.165, 1.54) is 19.3 Å². The predicted molar refractivity (Wildman–Crippen MR) is 83.3 cm³/mol. The van der Waals surface area contributed by atoms with Crippen molar-refractivity contribution < 1.29 is 0 Å². The molecule has 1 aromatic heterocycles. The maximum Gasteiger partial charge on any atom is 0.227 e. The summed E-state index contributed by atoms with van der Waals surface area (Å²) in [6.07, 6.45) is 5.74. The molecule has 0 bridgehead atoms. The molecule has 0 amide bonds. The quantitative estimate of drug-likeness (QED) is 0.830. The topological polar surface area (TPSA) is 32.3 Å². The lowest BCUT2D eigenvalue weighted by atomic mass is 9.84. The predicted octanol–water partition coefficient (Wildman–Crippen LogP) is 2.95. The van der Waals surface area contributed by atoms with Crippen LogP contribution in [0.1, 0.15) is 40.0 Å². The van der Waals surface area contributed by atoms with Crippen molar-refractivity contribution in [2.75, 3.05) is 36.0 Å². The first kappa shape index (κ1) is 13.7. The molecule has 2 fully saturated rings. The molecule has 110 valence electrons. The molecule has 0 aromatic carbocycles. The van der Waals surface area contributed by atoms with Gasteiger partial charge in [-0.1, -0.05) is 20.8 Å². The third-order valence-electron chi connectivity index (χ3n) is 4.56. The lowest BCUT2D eigenvalue weighted by Gasteiger charge is -2.38. The molecule has 20 heavy (non-hydrogen) atoms. The monoisotopic (exact) mass is 274 g/mol. The first-order valence-corrected chi connectivity index (χ1v) is 7.86. The van der Waals surface area contributed by atoms with Gasteiger partial charge < -0.3 is 9.80 Å². The van der Waals surface area contributed by atoms with Crippen molar-refractivity contribution in [1.82, 2.24) is 9.97 Å². The van der Waals surface area contributed by atoms with E-state index in [1.807, 2.05) is 6.20 Å². The van der Waals surface area contributed by atoms with Gasteiger partial charge in [0.25, 0.3) is 0 Å². The van der Waals surface area contributed by atoms with E-state index < -0.39 is 0 Å². The standard InChI is InChI=1S/C16H26N4/c1-13-6-10-19(11-13)15-17-8-5-14(18-15)20-9-4-7-16(2,3)12-20/h5,8,13H,4,6-7,9-12H2,1-3H3. The Morgan fingerprint density at radius 3 is 2.80 bits per heavy atom. The highest BCUT2D eigenvalue weighted by Crippen LogP contribution is 2.31. The first-order chi connectivity index (χ1) is 9.53. The van der Waals surface area contributed by atoms with Gasteiger partial charge in [-0.05, 0) is 36.7 Å². The summed E-state index contributed by atoms with van der Waals surface area (Å²) in [5.74, 6) is 2.77. The highest BCUT2D eigenvalue weighted by Gasteiger charge is 2.28. The highest BCUT2D eigenvalue weighted by molar-refractivity contribution is 5.44. The molecule has 0 spiro atoms. The average molecular weight is 274 g/mol. The largest absolute Gasteiger partial charge is 0.356 e. The van der Waals surface area contributed by atoms with Crippen LogP contribution >= 0.6 is 0 Å². The summed E-state index contributed by atoms with van der Waals surface area (Å²) < 4.78 is 0. The number of nitrogens with zero attached hydrogens (tertiary/aromatic N) is 4. The van der Waals surface area contributed by atoms with Crippen molar-refractivity contribution in [3.05, 3.63) is 12.3 Å². The molecule has 2 saturated heterocycles. The second-order valence-corrected chi connectivity index (χ2v) is 7.24. The van der Waals surface area contributed by atoms with E-state index in [4.69, 9.17) is 4.98 Å². The van der Waals surface area contributed by atoms with Crippen LogP contribution in [0.2, 0.25) is 0 Å². The third-order valence-corrected chi connectivity index (χ3v) is 4.56. The second-order valence-electron chi connectivity index (χ2n) is 7.24. The first-order valence-electron chi connectivity index (χ1n) is 7.86. The van der Waals surface area contributed by atoms with Crippen LogP contribution in [0.15, 0.2) is 12.3 Å². The molecule has 0 saturated carbocycles. The van der Waals surface area contributed by atoms with Crippen molar-refractivity contribution in [1.29, 1.82) is 0 Å². The molecule has 0 N–H and O–H groups in total. The van der Waals surface area contributed by atoms with Crippen molar-refractivity contribution >= 4 is 11.8 Å². The van der Waals surface area contributed by atoms with Gasteiger partial charge in [0, 0.05) is 32.4 Å². The lowest BCUT2D eigenvalue weighted by Crippen LogP contribution is -2.40. The SMILES string of the molecule is CC1CCN(c2nccc(N3CCCC(C)(C)C3)n2)C1. The van der Waals surface area contributed by atoms with Crippen LogP contribution in [0.3, 0.4) is 0 Å². The van der Waals surface area contributed by atoms with Crippen LogP contribution in [0.5, 0.6) is 0 Å². The zero-order valence-corrected chi connectivity index (χ0v) is 13.0. The van der Waals surface area contributed by atoms with E-state index in [1.54, 1.807) is 0 Å². The molecule has 0 radical (unpaired) electrons. The van der Waals surface area contributed by atoms with E-state index in [0.717, 1.165) is 43.9 Å². The maximum absolute atomic E-state index is 4.82. The van der Waals surface area contributed by atoms with E-state index in [2.05, 4.69) is 41.6 Å². The van der Waals surface area contributed by atoms with Gasteiger partial charge in [0.2, 0.25) is 5.95 Å². The fourth-order valence-corrected chi connectivity index (χ4v) is 3.40. The van der Waals surface area contributed by atoms with Crippen molar-refractivity contribution in [3.8, 4) is 0 Å². The molecule has 2 aliphatic rings. The minimum absolute atomic E-state index is 0.394. The van der Waals surface area contributed by atoms with Crippen molar-refractivity contribution in [2.45, 2.75) is 40.0 Å². The summed E-state index contributed by atoms with van der Waals surface area (Å²) in [5.41, 5.74) is 0.394. The normalized spacial score (nSPS) is 26.1. The smallest absolute Gasteiger partial charge is 0.227 e. The van der Waals surface area contributed by atoms with Crippen LogP contribution in [0.4, 0.5) is 11.8 Å². The minimum atomic E-state index is 0.394. The Kier molecular flexibility index (Phi) is 3.57. The average Bonchev–Trinajstić information content (AvgIpc) is 2.85. The van der Waals surface area contributed by atoms with Gasteiger partial charge in [-0.2, -0.15) is 4.98 Å². The molecule has 4 heteroatoms. The van der Waals surface area contributed by atoms with Crippen molar-refractivity contribution in [3.63, 3.8) is 0 Å². The van der Waals surface area contributed by atoms with Gasteiger partial charge in [0.1, 0.15) is 5.82 Å². The summed E-state index contributed by atoms with van der Waals surface area (Å²) in [6.45, 7) is 11.4. The Morgan fingerprint density at radius 1 is 1.25 bits per heavy atom. The number of aromatic nitrogens is 2. The fourth-order valence-electron chi connectivity index (χ4n) is 3.40. The summed E-state index contributed by atoms with van der Waals surface area (Å²) in [4.78, 5) is 14.0. The Morgan fingerprint density at radius 2 is 2.10 bits per heavy atom. The number of rotatable bonds is 2. The van der Waals surface area contributed by atoms with E-state index in [9.17, 15) is 0 Å². The minimum Gasteiger partial charge on any atom is -0.356 e. The number of piperidine rings is 1. The molecule has 1 atom stereocenters. The zero-order valence-electron chi connectivity index (χ0n) is 13.0. The van der Waals surface area contributed by atoms with Gasteiger partial charge in [0.15, 0.2) is 0 Å². The highest BCUT2D eigenvalue weighted by atomic mass is 15.3. The molecule has 0 aliphatic carbocycles. The van der Waals surface area contributed by atoms with Crippen LogP contribution in [-0.2, 0) is 0 Å². The molecule has 1 aromatic rings.